The lowest BCUT2D eigenvalue weighted by Gasteiger charge is -2.07. The number of hydrogen-bond acceptors (Lipinski definition) is 2. The van der Waals surface area contributed by atoms with Crippen LogP contribution in [0.4, 0.5) is 0 Å². The molecule has 0 unspecified atom stereocenters. The van der Waals surface area contributed by atoms with Crippen LogP contribution in [-0.2, 0) is 6.42 Å². The van der Waals surface area contributed by atoms with Crippen LogP contribution < -0.4 is 0 Å². The zero-order chi connectivity index (χ0) is 13.4. The summed E-state index contributed by atoms with van der Waals surface area (Å²) in [7, 11) is 0. The third-order valence-corrected chi connectivity index (χ3v) is 5.31. The van der Waals surface area contributed by atoms with Crippen molar-refractivity contribution in [3.8, 4) is 0 Å². The maximum atomic E-state index is 6.22. The molecule has 2 aromatic rings. The summed E-state index contributed by atoms with van der Waals surface area (Å²) in [4.78, 5) is 9.09. The van der Waals surface area contributed by atoms with E-state index in [1.165, 1.54) is 18.4 Å². The number of nitrogens with zero attached hydrogens (tertiary/aromatic N) is 2. The van der Waals surface area contributed by atoms with Gasteiger partial charge in [-0.1, -0.05) is 39.7 Å². The summed E-state index contributed by atoms with van der Waals surface area (Å²) in [6, 6.07) is 8.23. The van der Waals surface area contributed by atoms with Crippen molar-refractivity contribution >= 4 is 50.1 Å². The van der Waals surface area contributed by atoms with E-state index >= 15 is 0 Å². The molecule has 98 valence electrons. The zero-order valence-electron chi connectivity index (χ0n) is 10.0. The standard InChI is InChI=1S/C14H11BrClIN2/c15-10-5-1-8(2-6-10)7-11-18-13(9-3-4-9)12(17)14(16)19-11/h1-2,5-6,9H,3-4,7H2. The van der Waals surface area contributed by atoms with Gasteiger partial charge in [-0.3, -0.25) is 0 Å². The summed E-state index contributed by atoms with van der Waals surface area (Å²) in [6.07, 6.45) is 3.17. The first kappa shape index (κ1) is 13.8. The van der Waals surface area contributed by atoms with Gasteiger partial charge in [-0.15, -0.1) is 0 Å². The van der Waals surface area contributed by atoms with Crippen molar-refractivity contribution in [1.82, 2.24) is 9.97 Å². The van der Waals surface area contributed by atoms with E-state index in [4.69, 9.17) is 16.6 Å². The van der Waals surface area contributed by atoms with Crippen LogP contribution in [0.3, 0.4) is 0 Å². The molecule has 0 spiro atoms. The third kappa shape index (κ3) is 3.28. The van der Waals surface area contributed by atoms with Gasteiger partial charge < -0.3 is 0 Å². The topological polar surface area (TPSA) is 25.8 Å². The van der Waals surface area contributed by atoms with Gasteiger partial charge >= 0.3 is 0 Å². The molecular weight excluding hydrogens is 438 g/mol. The normalized spacial score (nSPS) is 14.7. The van der Waals surface area contributed by atoms with Gasteiger partial charge in [0, 0.05) is 16.8 Å². The van der Waals surface area contributed by atoms with Gasteiger partial charge in [0.05, 0.1) is 9.26 Å². The molecule has 2 nitrogen and oxygen atoms in total. The van der Waals surface area contributed by atoms with Gasteiger partial charge in [0.15, 0.2) is 0 Å². The van der Waals surface area contributed by atoms with E-state index in [0.29, 0.717) is 11.1 Å². The smallest absolute Gasteiger partial charge is 0.146 e. The number of benzene rings is 1. The lowest BCUT2D eigenvalue weighted by Crippen LogP contribution is -2.03. The van der Waals surface area contributed by atoms with Gasteiger partial charge in [-0.2, -0.15) is 0 Å². The van der Waals surface area contributed by atoms with E-state index in [1.54, 1.807) is 0 Å². The number of halogens is 3. The van der Waals surface area contributed by atoms with Crippen molar-refractivity contribution in [1.29, 1.82) is 0 Å². The Bertz CT molecular complexity index is 612. The molecular formula is C14H11BrClIN2. The molecule has 1 fully saturated rings. The van der Waals surface area contributed by atoms with Crippen LogP contribution in [0.2, 0.25) is 5.15 Å². The largest absolute Gasteiger partial charge is 0.236 e. The second-order valence-electron chi connectivity index (χ2n) is 4.71. The van der Waals surface area contributed by atoms with Crippen LogP contribution in [-0.4, -0.2) is 9.97 Å². The molecule has 1 aliphatic carbocycles. The summed E-state index contributed by atoms with van der Waals surface area (Å²) in [5.74, 6) is 1.41. The minimum absolute atomic E-state index is 0.588. The van der Waals surface area contributed by atoms with Crippen molar-refractivity contribution in [2.45, 2.75) is 25.2 Å². The molecule has 1 aliphatic rings. The molecule has 0 atom stereocenters. The third-order valence-electron chi connectivity index (χ3n) is 3.12. The number of hydrogen-bond donors (Lipinski definition) is 0. The second kappa shape index (κ2) is 5.66. The predicted octanol–water partition coefficient (Wildman–Crippen LogP) is 4.97. The molecule has 1 aromatic carbocycles. The maximum absolute atomic E-state index is 6.22. The molecule has 1 saturated carbocycles. The van der Waals surface area contributed by atoms with Gasteiger partial charge in [-0.25, -0.2) is 9.97 Å². The fraction of sp³-hybridized carbons (Fsp3) is 0.286. The molecule has 0 radical (unpaired) electrons. The second-order valence-corrected chi connectivity index (χ2v) is 7.06. The lowest BCUT2D eigenvalue weighted by atomic mass is 10.1. The van der Waals surface area contributed by atoms with Crippen molar-refractivity contribution in [2.24, 2.45) is 0 Å². The first-order valence-corrected chi connectivity index (χ1v) is 8.34. The molecule has 0 N–H and O–H groups in total. The van der Waals surface area contributed by atoms with E-state index in [9.17, 15) is 0 Å². The molecule has 0 aliphatic heterocycles. The van der Waals surface area contributed by atoms with Gasteiger partial charge in [-0.05, 0) is 53.1 Å². The van der Waals surface area contributed by atoms with Crippen LogP contribution in [0.5, 0.6) is 0 Å². The highest BCUT2D eigenvalue weighted by Gasteiger charge is 2.29. The Morgan fingerprint density at radius 2 is 1.89 bits per heavy atom. The van der Waals surface area contributed by atoms with Crippen LogP contribution in [0.25, 0.3) is 0 Å². The molecule has 1 heterocycles. The highest BCUT2D eigenvalue weighted by molar-refractivity contribution is 14.1. The Hall–Kier alpha value is -0.200. The van der Waals surface area contributed by atoms with E-state index in [2.05, 4.69) is 55.6 Å². The first-order valence-electron chi connectivity index (χ1n) is 6.10. The lowest BCUT2D eigenvalue weighted by molar-refractivity contribution is 0.889. The molecule has 0 amide bonds. The monoisotopic (exact) mass is 448 g/mol. The summed E-state index contributed by atoms with van der Waals surface area (Å²) in [6.45, 7) is 0. The van der Waals surface area contributed by atoms with Gasteiger partial charge in [0.2, 0.25) is 0 Å². The molecule has 3 rings (SSSR count). The number of aromatic nitrogens is 2. The summed E-state index contributed by atoms with van der Waals surface area (Å²) >= 11 is 11.9. The van der Waals surface area contributed by atoms with Crippen LogP contribution in [0.15, 0.2) is 28.7 Å². The van der Waals surface area contributed by atoms with E-state index in [-0.39, 0.29) is 0 Å². The predicted molar refractivity (Wildman–Crippen MR) is 88.7 cm³/mol. The first-order chi connectivity index (χ1) is 9.13. The fourth-order valence-electron chi connectivity index (χ4n) is 1.97. The molecule has 19 heavy (non-hydrogen) atoms. The minimum atomic E-state index is 0.588. The zero-order valence-corrected chi connectivity index (χ0v) is 14.5. The van der Waals surface area contributed by atoms with E-state index in [0.717, 1.165) is 26.0 Å². The quantitative estimate of drug-likeness (QED) is 0.489. The highest BCUT2D eigenvalue weighted by Crippen LogP contribution is 2.42. The average Bonchev–Trinajstić information content (AvgIpc) is 3.21. The Labute approximate surface area is 139 Å². The van der Waals surface area contributed by atoms with Crippen LogP contribution in [0, 0.1) is 3.57 Å². The Kier molecular flexibility index (Phi) is 4.10. The summed E-state index contributed by atoms with van der Waals surface area (Å²) in [5.41, 5.74) is 2.33. The number of rotatable bonds is 3. The van der Waals surface area contributed by atoms with Gasteiger partial charge in [0.25, 0.3) is 0 Å². The van der Waals surface area contributed by atoms with Crippen molar-refractivity contribution in [3.63, 3.8) is 0 Å². The van der Waals surface area contributed by atoms with Crippen molar-refractivity contribution < 1.29 is 0 Å². The Balaban J connectivity index is 1.90. The molecule has 0 saturated heterocycles. The average molecular weight is 450 g/mol. The Morgan fingerprint density at radius 1 is 1.21 bits per heavy atom. The fourth-order valence-corrected chi connectivity index (χ4v) is 3.11. The van der Waals surface area contributed by atoms with Crippen LogP contribution >= 0.6 is 50.1 Å². The van der Waals surface area contributed by atoms with Crippen molar-refractivity contribution in [2.75, 3.05) is 0 Å². The minimum Gasteiger partial charge on any atom is -0.236 e. The SMILES string of the molecule is Clc1nc(Cc2ccc(Br)cc2)nc(C2CC2)c1I. The highest BCUT2D eigenvalue weighted by atomic mass is 127. The molecule has 0 bridgehead atoms. The Morgan fingerprint density at radius 3 is 2.53 bits per heavy atom. The van der Waals surface area contributed by atoms with Gasteiger partial charge in [0.1, 0.15) is 11.0 Å². The molecule has 1 aromatic heterocycles. The van der Waals surface area contributed by atoms with E-state index in [1.807, 2.05) is 12.1 Å². The van der Waals surface area contributed by atoms with E-state index < -0.39 is 0 Å². The summed E-state index contributed by atoms with van der Waals surface area (Å²) < 4.78 is 2.10. The summed E-state index contributed by atoms with van der Waals surface area (Å²) in [5, 5.41) is 0.588. The van der Waals surface area contributed by atoms with Crippen LogP contribution in [0.1, 0.15) is 35.8 Å². The van der Waals surface area contributed by atoms with Crippen molar-refractivity contribution in [3.05, 3.63) is 54.5 Å². The molecule has 5 heteroatoms. The maximum Gasteiger partial charge on any atom is 0.146 e.